The predicted molar refractivity (Wildman–Crippen MR) is 75.6 cm³/mol. The maximum absolute atomic E-state index is 11.5. The summed E-state index contributed by atoms with van der Waals surface area (Å²) in [7, 11) is 0. The Labute approximate surface area is 110 Å². The summed E-state index contributed by atoms with van der Waals surface area (Å²) in [4.78, 5) is 16.8. The van der Waals surface area contributed by atoms with Crippen molar-refractivity contribution in [3.8, 4) is 10.4 Å². The molecule has 92 valence electrons. The van der Waals surface area contributed by atoms with Crippen LogP contribution in [0.1, 0.15) is 13.8 Å². The molecule has 1 aromatic carbocycles. The second kappa shape index (κ2) is 5.60. The third-order valence-electron chi connectivity index (χ3n) is 2.21. The summed E-state index contributed by atoms with van der Waals surface area (Å²) < 4.78 is 0. The minimum absolute atomic E-state index is 0.135. The number of nitrogens with zero attached hydrogens (tertiary/aromatic N) is 1. The van der Waals surface area contributed by atoms with E-state index in [1.807, 2.05) is 44.2 Å². The van der Waals surface area contributed by atoms with Gasteiger partial charge in [-0.15, -0.1) is 0 Å². The Morgan fingerprint density at radius 1 is 1.28 bits per heavy atom. The van der Waals surface area contributed by atoms with E-state index in [2.05, 4.69) is 10.3 Å². The fourth-order valence-corrected chi connectivity index (χ4v) is 2.30. The average molecular weight is 258 g/mol. The van der Waals surface area contributed by atoms with E-state index in [1.165, 1.54) is 11.3 Å². The molecule has 2 rings (SSSR count). The zero-order chi connectivity index (χ0) is 13.0. The molecule has 1 heterocycles. The van der Waals surface area contributed by atoms with Crippen LogP contribution >= 0.6 is 11.3 Å². The summed E-state index contributed by atoms with van der Waals surface area (Å²) in [6.45, 7) is 3.77. The Balaban J connectivity index is 2.12. The highest BCUT2D eigenvalue weighted by molar-refractivity contribution is 7.19. The molecule has 1 N–H and O–H groups in total. The van der Waals surface area contributed by atoms with Crippen LogP contribution in [0.5, 0.6) is 0 Å². The minimum atomic E-state index is -0.135. The maximum Gasteiger partial charge on any atom is 0.250 e. The summed E-state index contributed by atoms with van der Waals surface area (Å²) in [5, 5.41) is 3.38. The van der Waals surface area contributed by atoms with Crippen molar-refractivity contribution in [3.63, 3.8) is 0 Å². The number of anilines is 1. The van der Waals surface area contributed by atoms with Crippen LogP contribution in [0.2, 0.25) is 0 Å². The lowest BCUT2D eigenvalue weighted by molar-refractivity contribution is -0.111. The van der Waals surface area contributed by atoms with Crippen LogP contribution < -0.4 is 5.32 Å². The van der Waals surface area contributed by atoms with E-state index in [4.69, 9.17) is 0 Å². The summed E-state index contributed by atoms with van der Waals surface area (Å²) in [5.41, 5.74) is 2.07. The molecule has 1 amide bonds. The normalized spacial score (nSPS) is 9.89. The van der Waals surface area contributed by atoms with Gasteiger partial charge in [-0.05, 0) is 19.4 Å². The van der Waals surface area contributed by atoms with Crippen molar-refractivity contribution < 1.29 is 4.79 Å². The van der Waals surface area contributed by atoms with Crippen LogP contribution in [0.15, 0.2) is 48.2 Å². The molecule has 2 aromatic rings. The molecule has 18 heavy (non-hydrogen) atoms. The van der Waals surface area contributed by atoms with Crippen molar-refractivity contribution in [2.24, 2.45) is 0 Å². The van der Waals surface area contributed by atoms with Crippen LogP contribution in [0.25, 0.3) is 10.4 Å². The molecule has 0 aliphatic heterocycles. The lowest BCUT2D eigenvalue weighted by atomic mass is 10.2. The van der Waals surface area contributed by atoms with Crippen molar-refractivity contribution in [1.82, 2.24) is 4.98 Å². The lowest BCUT2D eigenvalue weighted by Gasteiger charge is -1.96. The van der Waals surface area contributed by atoms with Crippen molar-refractivity contribution in [3.05, 3.63) is 48.2 Å². The van der Waals surface area contributed by atoms with Gasteiger partial charge in [-0.1, -0.05) is 47.2 Å². The molecular formula is C14H14N2OS. The second-order valence-corrected chi connectivity index (χ2v) is 5.14. The zero-order valence-corrected chi connectivity index (χ0v) is 11.1. The van der Waals surface area contributed by atoms with Crippen molar-refractivity contribution in [2.45, 2.75) is 13.8 Å². The van der Waals surface area contributed by atoms with Crippen molar-refractivity contribution in [1.29, 1.82) is 0 Å². The number of carbonyl (C=O) groups is 1. The van der Waals surface area contributed by atoms with E-state index in [-0.39, 0.29) is 5.91 Å². The predicted octanol–water partition coefficient (Wildman–Crippen LogP) is 3.71. The van der Waals surface area contributed by atoms with Crippen LogP contribution in [0.4, 0.5) is 5.13 Å². The molecule has 0 saturated heterocycles. The van der Waals surface area contributed by atoms with Gasteiger partial charge >= 0.3 is 0 Å². The van der Waals surface area contributed by atoms with Gasteiger partial charge in [0.05, 0.1) is 4.88 Å². The molecule has 0 aliphatic carbocycles. The van der Waals surface area contributed by atoms with Gasteiger partial charge in [-0.25, -0.2) is 4.98 Å². The molecule has 0 atom stereocenters. The molecular weight excluding hydrogens is 244 g/mol. The number of hydrogen-bond acceptors (Lipinski definition) is 3. The SMILES string of the molecule is CC(C)=CC(=O)Nc1ncc(-c2ccccc2)s1. The van der Waals surface area contributed by atoms with E-state index in [0.29, 0.717) is 5.13 Å². The first-order chi connectivity index (χ1) is 8.65. The number of nitrogens with one attached hydrogen (secondary N) is 1. The number of allylic oxidation sites excluding steroid dienone is 1. The summed E-state index contributed by atoms with van der Waals surface area (Å²) in [6.07, 6.45) is 3.34. The second-order valence-electron chi connectivity index (χ2n) is 4.11. The maximum atomic E-state index is 11.5. The van der Waals surface area contributed by atoms with Gasteiger partial charge in [0.2, 0.25) is 5.91 Å². The Morgan fingerprint density at radius 2 is 2.00 bits per heavy atom. The van der Waals surface area contributed by atoms with Gasteiger partial charge in [-0.2, -0.15) is 0 Å². The van der Waals surface area contributed by atoms with Crippen LogP contribution in [0, 0.1) is 0 Å². The number of rotatable bonds is 3. The number of carbonyl (C=O) groups excluding carboxylic acids is 1. The molecule has 0 radical (unpaired) electrons. The molecule has 0 spiro atoms. The Hall–Kier alpha value is -1.94. The van der Waals surface area contributed by atoms with E-state index in [1.54, 1.807) is 12.3 Å². The summed E-state index contributed by atoms with van der Waals surface area (Å²) >= 11 is 1.47. The molecule has 0 unspecified atom stereocenters. The Kier molecular flexibility index (Phi) is 3.89. The van der Waals surface area contributed by atoms with E-state index >= 15 is 0 Å². The number of thiazole rings is 1. The van der Waals surface area contributed by atoms with Gasteiger partial charge in [0.1, 0.15) is 0 Å². The van der Waals surface area contributed by atoms with Gasteiger partial charge in [0, 0.05) is 12.3 Å². The molecule has 4 heteroatoms. The minimum Gasteiger partial charge on any atom is -0.298 e. The van der Waals surface area contributed by atoms with Crippen LogP contribution in [-0.2, 0) is 4.79 Å². The number of hydrogen-bond donors (Lipinski definition) is 1. The molecule has 0 saturated carbocycles. The number of amides is 1. The Morgan fingerprint density at radius 3 is 2.67 bits per heavy atom. The average Bonchev–Trinajstić information content (AvgIpc) is 2.77. The monoisotopic (exact) mass is 258 g/mol. The quantitative estimate of drug-likeness (QED) is 0.853. The van der Waals surface area contributed by atoms with Crippen LogP contribution in [0.3, 0.4) is 0 Å². The van der Waals surface area contributed by atoms with Gasteiger partial charge in [0.15, 0.2) is 5.13 Å². The van der Waals surface area contributed by atoms with Crippen LogP contribution in [-0.4, -0.2) is 10.9 Å². The molecule has 0 fully saturated rings. The number of aromatic nitrogens is 1. The van der Waals surface area contributed by atoms with Crippen molar-refractivity contribution >= 4 is 22.4 Å². The molecule has 0 bridgehead atoms. The van der Waals surface area contributed by atoms with Gasteiger partial charge in [0.25, 0.3) is 0 Å². The first-order valence-electron chi connectivity index (χ1n) is 5.62. The molecule has 0 aliphatic rings. The summed E-state index contributed by atoms with van der Waals surface area (Å²) in [5.74, 6) is -0.135. The van der Waals surface area contributed by atoms with Crippen molar-refractivity contribution in [2.75, 3.05) is 5.32 Å². The first kappa shape index (κ1) is 12.5. The zero-order valence-electron chi connectivity index (χ0n) is 10.3. The third-order valence-corrected chi connectivity index (χ3v) is 3.18. The Bertz CT molecular complexity index is 568. The van der Waals surface area contributed by atoms with E-state index in [9.17, 15) is 4.79 Å². The highest BCUT2D eigenvalue weighted by atomic mass is 32.1. The smallest absolute Gasteiger partial charge is 0.250 e. The number of benzene rings is 1. The third kappa shape index (κ3) is 3.28. The summed E-state index contributed by atoms with van der Waals surface area (Å²) in [6, 6.07) is 9.99. The van der Waals surface area contributed by atoms with Gasteiger partial charge < -0.3 is 0 Å². The molecule has 1 aromatic heterocycles. The van der Waals surface area contributed by atoms with Gasteiger partial charge in [-0.3, -0.25) is 10.1 Å². The lowest BCUT2D eigenvalue weighted by Crippen LogP contribution is -2.07. The fraction of sp³-hybridized carbons (Fsp3) is 0.143. The highest BCUT2D eigenvalue weighted by Gasteiger charge is 2.05. The first-order valence-corrected chi connectivity index (χ1v) is 6.44. The van der Waals surface area contributed by atoms with E-state index < -0.39 is 0 Å². The standard InChI is InChI=1S/C14H14N2OS/c1-10(2)8-13(17)16-14-15-9-12(18-14)11-6-4-3-5-7-11/h3-9H,1-2H3,(H,15,16,17). The highest BCUT2D eigenvalue weighted by Crippen LogP contribution is 2.28. The fourth-order valence-electron chi connectivity index (χ4n) is 1.47. The van der Waals surface area contributed by atoms with E-state index in [0.717, 1.165) is 16.0 Å². The topological polar surface area (TPSA) is 42.0 Å². The molecule has 3 nitrogen and oxygen atoms in total. The largest absolute Gasteiger partial charge is 0.298 e.